The van der Waals surface area contributed by atoms with Gasteiger partial charge in [-0.1, -0.05) is 18.2 Å². The van der Waals surface area contributed by atoms with E-state index in [1.807, 2.05) is 36.4 Å². The average molecular weight is 400 g/mol. The molecule has 28 heavy (non-hydrogen) atoms. The fourth-order valence-electron chi connectivity index (χ4n) is 2.90. The third kappa shape index (κ3) is 4.90. The number of pyridine rings is 2. The van der Waals surface area contributed by atoms with E-state index in [9.17, 15) is 17.8 Å². The summed E-state index contributed by atoms with van der Waals surface area (Å²) in [4.78, 5) is 17.0. The number of aromatic nitrogens is 2. The topological polar surface area (TPSA) is 100 Å². The summed E-state index contributed by atoms with van der Waals surface area (Å²) < 4.78 is 39.0. The van der Waals surface area contributed by atoms with Crippen LogP contribution in [0.4, 0.5) is 0 Å². The number of para-hydroxylation sites is 1. The van der Waals surface area contributed by atoms with Gasteiger partial charge >= 0.3 is 5.97 Å². The lowest BCUT2D eigenvalue weighted by Crippen LogP contribution is -2.33. The van der Waals surface area contributed by atoms with Crippen LogP contribution in [0.5, 0.6) is 0 Å². The first-order chi connectivity index (χ1) is 13.4. The molecular formula is C20H20N2O5S. The van der Waals surface area contributed by atoms with Gasteiger partial charge in [-0.25, -0.2) is 22.8 Å². The summed E-state index contributed by atoms with van der Waals surface area (Å²) in [7, 11) is -4.20. The molecular weight excluding hydrogens is 380 g/mol. The Labute approximate surface area is 163 Å². The number of benzene rings is 1. The number of hydrogen-bond acceptors (Lipinski definition) is 6. The standard InChI is InChI=1S/C20H20N2O5S/c1-2-27-20(23)17-14-19(21-18-7-4-3-6-16(17)18)15-8-11-22(12-9-15)10-5-13-28(24,25)26/h3-4,6-9,11-12,14H,2,5,10,13H2,1H3. The summed E-state index contributed by atoms with van der Waals surface area (Å²) in [6.45, 7) is 2.46. The Morgan fingerprint density at radius 1 is 1.18 bits per heavy atom. The van der Waals surface area contributed by atoms with E-state index < -0.39 is 21.8 Å². The molecule has 8 heteroatoms. The van der Waals surface area contributed by atoms with Gasteiger partial charge in [-0.2, -0.15) is 0 Å². The Bertz CT molecular complexity index is 1100. The zero-order chi connectivity index (χ0) is 20.1. The van der Waals surface area contributed by atoms with E-state index in [0.717, 1.165) is 10.9 Å². The van der Waals surface area contributed by atoms with Crippen molar-refractivity contribution >= 4 is 27.0 Å². The molecule has 0 aliphatic rings. The summed E-state index contributed by atoms with van der Waals surface area (Å²) >= 11 is 0. The smallest absolute Gasteiger partial charge is 0.338 e. The SMILES string of the molecule is CCOC(=O)c1cc(-c2cc[n+](CCCS(=O)(=O)[O-])cc2)nc2ccccc12. The van der Waals surface area contributed by atoms with E-state index in [-0.39, 0.29) is 13.0 Å². The largest absolute Gasteiger partial charge is 0.748 e. The van der Waals surface area contributed by atoms with Gasteiger partial charge in [-0.05, 0) is 19.1 Å². The molecule has 2 heterocycles. The Kier molecular flexibility index (Phi) is 6.01. The highest BCUT2D eigenvalue weighted by atomic mass is 32.2. The van der Waals surface area contributed by atoms with Crippen LogP contribution in [-0.2, 0) is 21.4 Å². The molecule has 0 spiro atoms. The lowest BCUT2D eigenvalue weighted by Gasteiger charge is -2.09. The third-order valence-electron chi connectivity index (χ3n) is 4.21. The summed E-state index contributed by atoms with van der Waals surface area (Å²) in [5, 5.41) is 0.731. The maximum Gasteiger partial charge on any atom is 0.338 e. The first-order valence-corrected chi connectivity index (χ1v) is 10.4. The van der Waals surface area contributed by atoms with Crippen LogP contribution in [0.1, 0.15) is 23.7 Å². The van der Waals surface area contributed by atoms with Gasteiger partial charge in [0.2, 0.25) is 0 Å². The molecule has 0 amide bonds. The quantitative estimate of drug-likeness (QED) is 0.343. The van der Waals surface area contributed by atoms with Crippen LogP contribution in [-0.4, -0.2) is 36.3 Å². The van der Waals surface area contributed by atoms with Gasteiger partial charge in [0, 0.05) is 35.3 Å². The Balaban J connectivity index is 1.89. The number of rotatable bonds is 7. The van der Waals surface area contributed by atoms with E-state index in [2.05, 4.69) is 4.98 Å². The first-order valence-electron chi connectivity index (χ1n) is 8.87. The van der Waals surface area contributed by atoms with Gasteiger partial charge in [-0.3, -0.25) is 0 Å². The van der Waals surface area contributed by atoms with E-state index >= 15 is 0 Å². The molecule has 0 aliphatic heterocycles. The summed E-state index contributed by atoms with van der Waals surface area (Å²) in [6, 6.07) is 12.8. The van der Waals surface area contributed by atoms with Crippen LogP contribution in [0.25, 0.3) is 22.2 Å². The molecule has 0 saturated carbocycles. The number of fused-ring (bicyclic) bond motifs is 1. The number of esters is 1. The Hall–Kier alpha value is -2.84. The summed E-state index contributed by atoms with van der Waals surface area (Å²) in [6.07, 6.45) is 3.82. The molecule has 0 unspecified atom stereocenters. The van der Waals surface area contributed by atoms with Crippen LogP contribution in [0, 0.1) is 0 Å². The number of ether oxygens (including phenoxy) is 1. The second-order valence-corrected chi connectivity index (χ2v) is 7.76. The van der Waals surface area contributed by atoms with Crippen LogP contribution in [0.3, 0.4) is 0 Å². The minimum Gasteiger partial charge on any atom is -0.748 e. The number of nitrogens with zero attached hydrogens (tertiary/aromatic N) is 2. The molecule has 0 saturated heterocycles. The average Bonchev–Trinajstić information content (AvgIpc) is 2.67. The maximum absolute atomic E-state index is 12.4. The third-order valence-corrected chi connectivity index (χ3v) is 5.00. The normalized spacial score (nSPS) is 11.5. The van der Waals surface area contributed by atoms with E-state index in [4.69, 9.17) is 4.74 Å². The number of hydrogen-bond donors (Lipinski definition) is 0. The lowest BCUT2D eigenvalue weighted by atomic mass is 10.0. The van der Waals surface area contributed by atoms with Crippen molar-refractivity contribution in [3.05, 3.63) is 60.4 Å². The molecule has 2 aromatic heterocycles. The van der Waals surface area contributed by atoms with Gasteiger partial charge in [0.1, 0.15) is 6.54 Å². The fourth-order valence-corrected chi connectivity index (χ4v) is 3.38. The van der Waals surface area contributed by atoms with Gasteiger partial charge in [-0.15, -0.1) is 0 Å². The molecule has 3 aromatic rings. The summed E-state index contributed by atoms with van der Waals surface area (Å²) in [5.41, 5.74) is 2.60. The molecule has 146 valence electrons. The van der Waals surface area contributed by atoms with Crippen molar-refractivity contribution in [2.24, 2.45) is 0 Å². The minimum atomic E-state index is -4.20. The van der Waals surface area contributed by atoms with Crippen molar-refractivity contribution in [3.8, 4) is 11.3 Å². The minimum absolute atomic E-state index is 0.247. The van der Waals surface area contributed by atoms with Gasteiger partial charge in [0.25, 0.3) is 0 Å². The van der Waals surface area contributed by atoms with Crippen molar-refractivity contribution in [1.29, 1.82) is 0 Å². The van der Waals surface area contributed by atoms with E-state index in [0.29, 0.717) is 23.3 Å². The monoisotopic (exact) mass is 400 g/mol. The van der Waals surface area contributed by atoms with Crippen LogP contribution < -0.4 is 4.57 Å². The number of carbonyl (C=O) groups is 1. The molecule has 0 radical (unpaired) electrons. The predicted octanol–water partition coefficient (Wildman–Crippen LogP) is 2.30. The van der Waals surface area contributed by atoms with Gasteiger partial charge in [0.05, 0.1) is 33.5 Å². The first kappa shape index (κ1) is 19.9. The van der Waals surface area contributed by atoms with Crippen molar-refractivity contribution < 1.29 is 27.1 Å². The van der Waals surface area contributed by atoms with Crippen LogP contribution in [0.15, 0.2) is 54.9 Å². The maximum atomic E-state index is 12.4. The van der Waals surface area contributed by atoms with E-state index in [1.165, 1.54) is 0 Å². The highest BCUT2D eigenvalue weighted by Crippen LogP contribution is 2.25. The zero-order valence-electron chi connectivity index (χ0n) is 15.4. The van der Waals surface area contributed by atoms with Crippen molar-refractivity contribution in [2.45, 2.75) is 19.9 Å². The molecule has 0 fully saturated rings. The predicted molar refractivity (Wildman–Crippen MR) is 103 cm³/mol. The molecule has 7 nitrogen and oxygen atoms in total. The zero-order valence-corrected chi connectivity index (χ0v) is 16.2. The molecule has 3 rings (SSSR count). The number of aryl methyl sites for hydroxylation is 1. The molecule has 1 aromatic carbocycles. The molecule has 0 bridgehead atoms. The highest BCUT2D eigenvalue weighted by molar-refractivity contribution is 7.85. The second-order valence-electron chi connectivity index (χ2n) is 6.23. The Morgan fingerprint density at radius 3 is 2.57 bits per heavy atom. The number of carbonyl (C=O) groups excluding carboxylic acids is 1. The molecule has 0 aliphatic carbocycles. The van der Waals surface area contributed by atoms with E-state index in [1.54, 1.807) is 30.0 Å². The van der Waals surface area contributed by atoms with Gasteiger partial charge in [0.15, 0.2) is 12.4 Å². The molecule has 0 N–H and O–H groups in total. The van der Waals surface area contributed by atoms with Crippen LogP contribution >= 0.6 is 0 Å². The van der Waals surface area contributed by atoms with Crippen molar-refractivity contribution in [2.75, 3.05) is 12.4 Å². The van der Waals surface area contributed by atoms with Crippen molar-refractivity contribution in [3.63, 3.8) is 0 Å². The summed E-state index contributed by atoms with van der Waals surface area (Å²) in [5.74, 6) is -0.788. The molecule has 0 atom stereocenters. The lowest BCUT2D eigenvalue weighted by molar-refractivity contribution is -0.696. The van der Waals surface area contributed by atoms with Gasteiger partial charge < -0.3 is 9.29 Å². The second kappa shape index (κ2) is 8.45. The fraction of sp³-hybridized carbons (Fsp3) is 0.250. The Morgan fingerprint density at radius 2 is 1.89 bits per heavy atom. The van der Waals surface area contributed by atoms with Crippen molar-refractivity contribution in [1.82, 2.24) is 4.98 Å². The highest BCUT2D eigenvalue weighted by Gasteiger charge is 2.15. The van der Waals surface area contributed by atoms with Crippen LogP contribution in [0.2, 0.25) is 0 Å².